The topological polar surface area (TPSA) is 35.5 Å². The van der Waals surface area contributed by atoms with Crippen molar-refractivity contribution >= 4 is 11.6 Å². The molecule has 0 bridgehead atoms. The van der Waals surface area contributed by atoms with E-state index < -0.39 is 0 Å². The van der Waals surface area contributed by atoms with Crippen LogP contribution < -0.4 is 5.32 Å². The maximum atomic E-state index is 9.84. The van der Waals surface area contributed by atoms with Crippen molar-refractivity contribution in [1.29, 1.82) is 0 Å². The monoisotopic (exact) mass is 296 g/mol. The fourth-order valence-electron chi connectivity index (χ4n) is 2.72. The van der Waals surface area contributed by atoms with Gasteiger partial charge in [0.25, 0.3) is 0 Å². The van der Waals surface area contributed by atoms with E-state index in [-0.39, 0.29) is 11.3 Å². The number of hydrogen-bond donors (Lipinski definition) is 2. The van der Waals surface area contributed by atoms with Crippen molar-refractivity contribution in [3.8, 4) is 5.75 Å². The van der Waals surface area contributed by atoms with Gasteiger partial charge in [0.05, 0.1) is 0 Å². The summed E-state index contributed by atoms with van der Waals surface area (Å²) in [5, 5.41) is 14.0. The summed E-state index contributed by atoms with van der Waals surface area (Å²) in [5.41, 5.74) is 1.05. The van der Waals surface area contributed by atoms with E-state index in [1.807, 2.05) is 6.07 Å². The fourth-order valence-corrected chi connectivity index (χ4v) is 2.96. The standard InChI is InChI=1S/C16H25ClN2O/c1-16(2,3)19-9-7-12(8-10-19)18-11-13-14(17)5-4-6-15(13)20/h4-6,12,18,20H,7-11H2,1-3H3. The maximum absolute atomic E-state index is 9.84. The molecule has 1 fully saturated rings. The molecular weight excluding hydrogens is 272 g/mol. The second-order valence-electron chi connectivity index (χ2n) is 6.55. The maximum Gasteiger partial charge on any atom is 0.121 e. The Kier molecular flexibility index (Phi) is 4.95. The molecule has 2 N–H and O–H groups in total. The van der Waals surface area contributed by atoms with E-state index in [0.29, 0.717) is 17.6 Å². The van der Waals surface area contributed by atoms with Gasteiger partial charge in [0.1, 0.15) is 5.75 Å². The molecule has 0 aliphatic carbocycles. The Morgan fingerprint density at radius 1 is 1.30 bits per heavy atom. The number of phenolic OH excluding ortho intramolecular Hbond substituents is 1. The second kappa shape index (κ2) is 6.33. The van der Waals surface area contributed by atoms with Crippen LogP contribution in [0.25, 0.3) is 0 Å². The highest BCUT2D eigenvalue weighted by Gasteiger charge is 2.26. The minimum absolute atomic E-state index is 0.256. The number of likely N-dealkylation sites (tertiary alicyclic amines) is 1. The number of hydrogen-bond acceptors (Lipinski definition) is 3. The second-order valence-corrected chi connectivity index (χ2v) is 6.96. The summed E-state index contributed by atoms with van der Waals surface area (Å²) in [6.07, 6.45) is 2.28. The third kappa shape index (κ3) is 3.87. The average molecular weight is 297 g/mol. The zero-order chi connectivity index (χ0) is 14.8. The van der Waals surface area contributed by atoms with Gasteiger partial charge >= 0.3 is 0 Å². The van der Waals surface area contributed by atoms with Gasteiger partial charge in [0, 0.05) is 41.8 Å². The summed E-state index contributed by atoms with van der Waals surface area (Å²) in [6, 6.07) is 5.78. The lowest BCUT2D eigenvalue weighted by Crippen LogP contribution is -2.49. The van der Waals surface area contributed by atoms with Crippen LogP contribution in [0, 0.1) is 0 Å². The lowest BCUT2D eigenvalue weighted by atomic mass is 9.98. The Bertz CT molecular complexity index is 428. The number of phenols is 1. The summed E-state index contributed by atoms with van der Waals surface area (Å²) in [4.78, 5) is 2.53. The Labute approximate surface area is 126 Å². The minimum atomic E-state index is 0.256. The first-order valence-corrected chi connectivity index (χ1v) is 7.70. The Balaban J connectivity index is 1.85. The predicted molar refractivity (Wildman–Crippen MR) is 84.3 cm³/mol. The molecule has 4 heteroatoms. The van der Waals surface area contributed by atoms with Crippen molar-refractivity contribution in [2.24, 2.45) is 0 Å². The van der Waals surface area contributed by atoms with E-state index in [4.69, 9.17) is 11.6 Å². The van der Waals surface area contributed by atoms with Gasteiger partial charge in [0.2, 0.25) is 0 Å². The molecule has 1 heterocycles. The van der Waals surface area contributed by atoms with Gasteiger partial charge in [-0.3, -0.25) is 4.90 Å². The number of nitrogens with one attached hydrogen (secondary N) is 1. The normalized spacial score (nSPS) is 18.4. The number of benzene rings is 1. The van der Waals surface area contributed by atoms with Crippen LogP contribution in [0.4, 0.5) is 0 Å². The first kappa shape index (κ1) is 15.6. The van der Waals surface area contributed by atoms with Gasteiger partial charge in [0.15, 0.2) is 0 Å². The van der Waals surface area contributed by atoms with Crippen LogP contribution in [-0.2, 0) is 6.54 Å². The molecular formula is C16H25ClN2O. The summed E-state index contributed by atoms with van der Waals surface area (Å²) in [5.74, 6) is 0.275. The van der Waals surface area contributed by atoms with Gasteiger partial charge in [-0.1, -0.05) is 17.7 Å². The molecule has 1 aliphatic rings. The highest BCUT2D eigenvalue weighted by atomic mass is 35.5. The number of piperidine rings is 1. The van der Waals surface area contributed by atoms with Crippen LogP contribution >= 0.6 is 11.6 Å². The van der Waals surface area contributed by atoms with E-state index in [1.165, 1.54) is 0 Å². The predicted octanol–water partition coefficient (Wildman–Crippen LogP) is 3.40. The first-order chi connectivity index (χ1) is 9.38. The van der Waals surface area contributed by atoms with Crippen LogP contribution in [-0.4, -0.2) is 34.7 Å². The lowest BCUT2D eigenvalue weighted by molar-refractivity contribution is 0.0960. The quantitative estimate of drug-likeness (QED) is 0.897. The molecule has 0 atom stereocenters. The molecule has 2 rings (SSSR count). The summed E-state index contributed by atoms with van der Waals surface area (Å²) < 4.78 is 0. The number of aromatic hydroxyl groups is 1. The van der Waals surface area contributed by atoms with Crippen LogP contribution in [0.15, 0.2) is 18.2 Å². The molecule has 3 nitrogen and oxygen atoms in total. The molecule has 0 radical (unpaired) electrons. The molecule has 0 amide bonds. The molecule has 112 valence electrons. The van der Waals surface area contributed by atoms with E-state index >= 15 is 0 Å². The largest absolute Gasteiger partial charge is 0.508 e. The van der Waals surface area contributed by atoms with Crippen molar-refractivity contribution in [2.45, 2.75) is 51.7 Å². The van der Waals surface area contributed by atoms with Gasteiger partial charge in [-0.15, -0.1) is 0 Å². The summed E-state index contributed by atoms with van der Waals surface area (Å²) in [7, 11) is 0. The van der Waals surface area contributed by atoms with Gasteiger partial charge < -0.3 is 10.4 Å². The number of rotatable bonds is 3. The molecule has 20 heavy (non-hydrogen) atoms. The van der Waals surface area contributed by atoms with Crippen LogP contribution in [0.1, 0.15) is 39.2 Å². The van der Waals surface area contributed by atoms with Crippen molar-refractivity contribution < 1.29 is 5.11 Å². The van der Waals surface area contributed by atoms with Crippen LogP contribution in [0.5, 0.6) is 5.75 Å². The molecule has 0 aromatic heterocycles. The first-order valence-electron chi connectivity index (χ1n) is 7.32. The number of halogens is 1. The van der Waals surface area contributed by atoms with Crippen molar-refractivity contribution in [3.05, 3.63) is 28.8 Å². The molecule has 0 spiro atoms. The average Bonchev–Trinajstić information content (AvgIpc) is 2.37. The molecule has 1 saturated heterocycles. The third-order valence-electron chi connectivity index (χ3n) is 4.11. The number of nitrogens with zero attached hydrogens (tertiary/aromatic N) is 1. The highest BCUT2D eigenvalue weighted by molar-refractivity contribution is 6.31. The minimum Gasteiger partial charge on any atom is -0.508 e. The smallest absolute Gasteiger partial charge is 0.121 e. The zero-order valence-electron chi connectivity index (χ0n) is 12.6. The highest BCUT2D eigenvalue weighted by Crippen LogP contribution is 2.26. The van der Waals surface area contributed by atoms with Gasteiger partial charge in [-0.2, -0.15) is 0 Å². The Morgan fingerprint density at radius 2 is 1.95 bits per heavy atom. The molecule has 1 aromatic carbocycles. The van der Waals surface area contributed by atoms with Gasteiger partial charge in [-0.05, 0) is 45.7 Å². The van der Waals surface area contributed by atoms with Crippen molar-refractivity contribution in [2.75, 3.05) is 13.1 Å². The van der Waals surface area contributed by atoms with E-state index in [2.05, 4.69) is 31.0 Å². The van der Waals surface area contributed by atoms with Crippen LogP contribution in [0.3, 0.4) is 0 Å². The SMILES string of the molecule is CC(C)(C)N1CCC(NCc2c(O)cccc2Cl)CC1. The molecule has 0 unspecified atom stereocenters. The van der Waals surface area contributed by atoms with Crippen molar-refractivity contribution in [1.82, 2.24) is 10.2 Å². The zero-order valence-corrected chi connectivity index (χ0v) is 13.4. The Morgan fingerprint density at radius 3 is 2.50 bits per heavy atom. The third-order valence-corrected chi connectivity index (χ3v) is 4.46. The molecule has 1 aromatic rings. The van der Waals surface area contributed by atoms with Gasteiger partial charge in [-0.25, -0.2) is 0 Å². The fraction of sp³-hybridized carbons (Fsp3) is 0.625. The lowest BCUT2D eigenvalue weighted by Gasteiger charge is -2.41. The van der Waals surface area contributed by atoms with E-state index in [9.17, 15) is 5.11 Å². The summed E-state index contributed by atoms with van der Waals surface area (Å²) >= 11 is 6.12. The Hall–Kier alpha value is -0.770. The summed E-state index contributed by atoms with van der Waals surface area (Å²) in [6.45, 7) is 9.67. The van der Waals surface area contributed by atoms with E-state index in [0.717, 1.165) is 31.5 Å². The molecule has 0 saturated carbocycles. The van der Waals surface area contributed by atoms with Crippen LogP contribution in [0.2, 0.25) is 5.02 Å². The molecule has 1 aliphatic heterocycles. The van der Waals surface area contributed by atoms with Crippen molar-refractivity contribution in [3.63, 3.8) is 0 Å². The van der Waals surface area contributed by atoms with E-state index in [1.54, 1.807) is 12.1 Å².